The van der Waals surface area contributed by atoms with Gasteiger partial charge in [0.2, 0.25) is 0 Å². The summed E-state index contributed by atoms with van der Waals surface area (Å²) in [5, 5.41) is 2.69. The minimum absolute atomic E-state index is 0.136. The topological polar surface area (TPSA) is 41.9 Å². The lowest BCUT2D eigenvalue weighted by Crippen LogP contribution is -2.36. The van der Waals surface area contributed by atoms with Crippen LogP contribution in [-0.4, -0.2) is 35.7 Å². The van der Waals surface area contributed by atoms with Gasteiger partial charge in [-0.25, -0.2) is 0 Å². The molecule has 0 unspecified atom stereocenters. The molecule has 0 saturated carbocycles. The summed E-state index contributed by atoms with van der Waals surface area (Å²) in [6, 6.07) is 10.2. The van der Waals surface area contributed by atoms with E-state index in [-0.39, 0.29) is 12.5 Å². The van der Waals surface area contributed by atoms with E-state index in [2.05, 4.69) is 4.99 Å². The Morgan fingerprint density at radius 2 is 1.78 bits per heavy atom. The number of hydrogen-bond donors (Lipinski definition) is 0. The largest absolute Gasteiger partial charge is 0.482 e. The summed E-state index contributed by atoms with van der Waals surface area (Å²) in [6.45, 7) is 0.944. The van der Waals surface area contributed by atoms with E-state index in [9.17, 15) is 4.79 Å². The van der Waals surface area contributed by atoms with Crippen molar-refractivity contribution in [3.05, 3.63) is 62.1 Å². The molecule has 9 heteroatoms. The summed E-state index contributed by atoms with van der Waals surface area (Å²) in [6.07, 6.45) is 0. The second kappa shape index (κ2) is 9.39. The van der Waals surface area contributed by atoms with Gasteiger partial charge >= 0.3 is 0 Å². The molecule has 0 aromatic heterocycles. The minimum Gasteiger partial charge on any atom is -0.482 e. The van der Waals surface area contributed by atoms with Crippen LogP contribution in [0.1, 0.15) is 5.56 Å². The maximum absolute atomic E-state index is 12.5. The first kappa shape index (κ1) is 20.6. The molecule has 2 aromatic rings. The number of amidine groups is 1. The SMILES string of the molecule is O=C(COc1ccc(Cl)cc1Cl)N1CCN=C1SCc1ccc(Cl)cc1Cl. The molecule has 0 N–H and O–H groups in total. The van der Waals surface area contributed by atoms with Gasteiger partial charge in [-0.3, -0.25) is 14.7 Å². The van der Waals surface area contributed by atoms with E-state index >= 15 is 0 Å². The zero-order valence-corrected chi connectivity index (χ0v) is 17.8. The lowest BCUT2D eigenvalue weighted by molar-refractivity contribution is -0.128. The van der Waals surface area contributed by atoms with Crippen LogP contribution in [0.2, 0.25) is 20.1 Å². The van der Waals surface area contributed by atoms with Crippen LogP contribution in [0.25, 0.3) is 0 Å². The smallest absolute Gasteiger partial charge is 0.266 e. The van der Waals surface area contributed by atoms with Gasteiger partial charge in [0.05, 0.1) is 11.6 Å². The summed E-state index contributed by atoms with van der Waals surface area (Å²) in [7, 11) is 0. The van der Waals surface area contributed by atoms with Gasteiger partial charge in [0.15, 0.2) is 11.8 Å². The zero-order chi connectivity index (χ0) is 19.4. The van der Waals surface area contributed by atoms with E-state index in [1.165, 1.54) is 11.8 Å². The maximum Gasteiger partial charge on any atom is 0.266 e. The Hall–Kier alpha value is -1.11. The fraction of sp³-hybridized carbons (Fsp3) is 0.222. The number of benzene rings is 2. The molecule has 1 aliphatic heterocycles. The molecule has 0 saturated heterocycles. The molecule has 0 aliphatic carbocycles. The average Bonchev–Trinajstić information content (AvgIpc) is 3.08. The summed E-state index contributed by atoms with van der Waals surface area (Å²) in [5.74, 6) is 0.808. The van der Waals surface area contributed by atoms with Crippen molar-refractivity contribution >= 4 is 69.2 Å². The summed E-state index contributed by atoms with van der Waals surface area (Å²) in [4.78, 5) is 18.5. The Bertz CT molecular complexity index is 892. The second-order valence-corrected chi connectivity index (χ2v) is 8.23. The van der Waals surface area contributed by atoms with Crippen molar-refractivity contribution in [3.63, 3.8) is 0 Å². The minimum atomic E-state index is -0.188. The molecule has 0 spiro atoms. The molecular formula is C18H14Cl4N2O2S. The Labute approximate surface area is 181 Å². The van der Waals surface area contributed by atoms with Crippen molar-refractivity contribution in [2.45, 2.75) is 5.75 Å². The van der Waals surface area contributed by atoms with Crippen LogP contribution in [0, 0.1) is 0 Å². The molecule has 142 valence electrons. The van der Waals surface area contributed by atoms with Crippen LogP contribution >= 0.6 is 58.2 Å². The molecule has 3 rings (SSSR count). The number of ether oxygens (including phenoxy) is 1. The summed E-state index contributed by atoms with van der Waals surface area (Å²) in [5.41, 5.74) is 0.928. The third kappa shape index (κ3) is 5.46. The van der Waals surface area contributed by atoms with Crippen LogP contribution in [0.5, 0.6) is 5.75 Å². The predicted octanol–water partition coefficient (Wildman–Crippen LogP) is 5.81. The number of halogens is 4. The molecule has 0 radical (unpaired) electrons. The van der Waals surface area contributed by atoms with E-state index < -0.39 is 0 Å². The van der Waals surface area contributed by atoms with Crippen molar-refractivity contribution in [1.29, 1.82) is 0 Å². The van der Waals surface area contributed by atoms with Gasteiger partial charge < -0.3 is 4.74 Å². The van der Waals surface area contributed by atoms with Gasteiger partial charge in [-0.1, -0.05) is 64.2 Å². The third-order valence-electron chi connectivity index (χ3n) is 3.72. The molecule has 2 aromatic carbocycles. The number of carbonyl (C=O) groups is 1. The monoisotopic (exact) mass is 462 g/mol. The Balaban J connectivity index is 1.57. The Morgan fingerprint density at radius 1 is 1.07 bits per heavy atom. The first-order chi connectivity index (χ1) is 12.9. The van der Waals surface area contributed by atoms with Gasteiger partial charge in [-0.05, 0) is 35.9 Å². The lowest BCUT2D eigenvalue weighted by Gasteiger charge is -2.18. The van der Waals surface area contributed by atoms with Crippen LogP contribution in [-0.2, 0) is 10.5 Å². The summed E-state index contributed by atoms with van der Waals surface area (Å²) >= 11 is 25.5. The highest BCUT2D eigenvalue weighted by molar-refractivity contribution is 8.13. The fourth-order valence-corrected chi connectivity index (χ4v) is 4.46. The van der Waals surface area contributed by atoms with Crippen LogP contribution in [0.3, 0.4) is 0 Å². The number of carbonyl (C=O) groups excluding carboxylic acids is 1. The molecular weight excluding hydrogens is 450 g/mol. The molecule has 1 heterocycles. The van der Waals surface area contributed by atoms with E-state index in [4.69, 9.17) is 51.1 Å². The van der Waals surface area contributed by atoms with E-state index in [1.807, 2.05) is 6.07 Å². The fourth-order valence-electron chi connectivity index (χ4n) is 2.37. The summed E-state index contributed by atoms with van der Waals surface area (Å²) < 4.78 is 5.53. The standard InChI is InChI=1S/C18H14Cl4N2O2S/c19-12-2-1-11(14(21)7-12)10-27-18-23-5-6-24(18)17(25)9-26-16-4-3-13(20)8-15(16)22/h1-4,7-8H,5-6,9-10H2. The number of aliphatic imine (C=N–C) groups is 1. The quantitative estimate of drug-likeness (QED) is 0.561. The van der Waals surface area contributed by atoms with Crippen LogP contribution < -0.4 is 4.74 Å². The van der Waals surface area contributed by atoms with Crippen molar-refractivity contribution in [3.8, 4) is 5.75 Å². The van der Waals surface area contributed by atoms with E-state index in [1.54, 1.807) is 35.2 Å². The molecule has 0 atom stereocenters. The van der Waals surface area contributed by atoms with Gasteiger partial charge in [0.25, 0.3) is 5.91 Å². The molecule has 27 heavy (non-hydrogen) atoms. The molecule has 0 fully saturated rings. The maximum atomic E-state index is 12.5. The van der Waals surface area contributed by atoms with Crippen molar-refractivity contribution in [2.24, 2.45) is 4.99 Å². The predicted molar refractivity (Wildman–Crippen MR) is 114 cm³/mol. The zero-order valence-electron chi connectivity index (χ0n) is 13.9. The van der Waals surface area contributed by atoms with E-state index in [0.29, 0.717) is 49.9 Å². The third-order valence-corrected chi connectivity index (χ3v) is 5.90. The number of hydrogen-bond acceptors (Lipinski definition) is 4. The Morgan fingerprint density at radius 3 is 2.48 bits per heavy atom. The van der Waals surface area contributed by atoms with Crippen molar-refractivity contribution in [2.75, 3.05) is 19.7 Å². The second-order valence-electron chi connectivity index (χ2n) is 5.60. The van der Waals surface area contributed by atoms with Crippen LogP contribution in [0.15, 0.2) is 41.4 Å². The molecule has 4 nitrogen and oxygen atoms in total. The average molecular weight is 464 g/mol. The van der Waals surface area contributed by atoms with Crippen LogP contribution in [0.4, 0.5) is 0 Å². The highest BCUT2D eigenvalue weighted by Crippen LogP contribution is 2.29. The lowest BCUT2D eigenvalue weighted by atomic mass is 10.2. The first-order valence-corrected chi connectivity index (χ1v) is 10.4. The van der Waals surface area contributed by atoms with Gasteiger partial charge in [0, 0.05) is 27.4 Å². The van der Waals surface area contributed by atoms with Gasteiger partial charge in [0.1, 0.15) is 5.75 Å². The highest BCUT2D eigenvalue weighted by atomic mass is 35.5. The highest BCUT2D eigenvalue weighted by Gasteiger charge is 2.24. The molecule has 1 amide bonds. The molecule has 0 bridgehead atoms. The number of nitrogens with zero attached hydrogens (tertiary/aromatic N) is 2. The van der Waals surface area contributed by atoms with E-state index in [0.717, 1.165) is 5.56 Å². The van der Waals surface area contributed by atoms with Gasteiger partial charge in [-0.15, -0.1) is 0 Å². The first-order valence-electron chi connectivity index (χ1n) is 7.93. The number of thioether (sulfide) groups is 1. The Kier molecular flexibility index (Phi) is 7.17. The van der Waals surface area contributed by atoms with Crippen molar-refractivity contribution in [1.82, 2.24) is 4.90 Å². The normalized spacial score (nSPS) is 13.6. The van der Waals surface area contributed by atoms with Crippen molar-refractivity contribution < 1.29 is 9.53 Å². The number of amides is 1. The van der Waals surface area contributed by atoms with Gasteiger partial charge in [-0.2, -0.15) is 0 Å². The molecule has 1 aliphatic rings. The number of rotatable bonds is 5.